The number of aldehydes is 2. The third kappa shape index (κ3) is 7.59. The summed E-state index contributed by atoms with van der Waals surface area (Å²) < 4.78 is 0. The summed E-state index contributed by atoms with van der Waals surface area (Å²) in [6.45, 7) is 0. The van der Waals surface area contributed by atoms with Crippen LogP contribution in [0, 0.1) is 23.7 Å². The normalized spacial score (nSPS) is 21.6. The van der Waals surface area contributed by atoms with E-state index < -0.39 is 61.0 Å². The van der Waals surface area contributed by atoms with Gasteiger partial charge in [0.2, 0.25) is 0 Å². The summed E-state index contributed by atoms with van der Waals surface area (Å²) in [5, 5.41) is 94.0. The maximum atomic E-state index is 10.3. The van der Waals surface area contributed by atoms with Crippen LogP contribution < -0.4 is 0 Å². The first-order valence-corrected chi connectivity index (χ1v) is 7.71. The van der Waals surface area contributed by atoms with Crippen molar-refractivity contribution < 1.29 is 60.7 Å². The third-order valence-electron chi connectivity index (χ3n) is 3.53. The van der Waals surface area contributed by atoms with Crippen molar-refractivity contribution in [3.8, 4) is 23.7 Å². The second kappa shape index (κ2) is 12.5. The lowest BCUT2D eigenvalue weighted by Crippen LogP contribution is -2.49. The Labute approximate surface area is 158 Å². The van der Waals surface area contributed by atoms with Crippen LogP contribution in [0.4, 0.5) is 0 Å². The minimum Gasteiger partial charge on any atom is -0.387 e. The minimum atomic E-state index is -2.13. The van der Waals surface area contributed by atoms with Crippen molar-refractivity contribution in [2.75, 3.05) is 0 Å². The van der Waals surface area contributed by atoms with E-state index in [-0.39, 0.29) is 12.6 Å². The van der Waals surface area contributed by atoms with Crippen molar-refractivity contribution in [3.05, 3.63) is 0 Å². The smallest absolute Gasteiger partial charge is 0.151 e. The summed E-state index contributed by atoms with van der Waals surface area (Å²) >= 11 is 0. The van der Waals surface area contributed by atoms with Gasteiger partial charge in [-0.1, -0.05) is 11.8 Å². The minimum absolute atomic E-state index is 0.101. The highest BCUT2D eigenvalue weighted by molar-refractivity contribution is 5.57. The van der Waals surface area contributed by atoms with Crippen LogP contribution >= 0.6 is 0 Å². The third-order valence-corrected chi connectivity index (χ3v) is 3.53. The van der Waals surface area contributed by atoms with Crippen molar-refractivity contribution in [2.24, 2.45) is 0 Å². The molecule has 0 aromatic heterocycles. The van der Waals surface area contributed by atoms with Gasteiger partial charge in [0.1, 0.15) is 61.0 Å². The first kappa shape index (κ1) is 26.1. The summed E-state index contributed by atoms with van der Waals surface area (Å²) in [5.74, 6) is 7.65. The fraction of sp³-hybridized carbons (Fsp3) is 0.625. The topological polar surface area (TPSA) is 236 Å². The van der Waals surface area contributed by atoms with Crippen LogP contribution in [0.25, 0.3) is 0 Å². The fourth-order valence-corrected chi connectivity index (χ4v) is 1.73. The first-order chi connectivity index (χ1) is 13.0. The van der Waals surface area contributed by atoms with E-state index in [0.717, 1.165) is 0 Å². The fourth-order valence-electron chi connectivity index (χ4n) is 1.73. The zero-order valence-electron chi connectivity index (χ0n) is 14.2. The van der Waals surface area contributed by atoms with Crippen LogP contribution in [-0.4, -0.2) is 125 Å². The molecule has 0 rings (SSSR count). The highest BCUT2D eigenvalue weighted by Crippen LogP contribution is 2.08. The zero-order chi connectivity index (χ0) is 22.0. The van der Waals surface area contributed by atoms with E-state index in [4.69, 9.17) is 10.2 Å². The van der Waals surface area contributed by atoms with Crippen molar-refractivity contribution in [1.82, 2.24) is 0 Å². The molecule has 28 heavy (non-hydrogen) atoms. The lowest BCUT2D eigenvalue weighted by molar-refractivity contribution is -0.140. The van der Waals surface area contributed by atoms with Gasteiger partial charge in [-0.3, -0.25) is 0 Å². The van der Waals surface area contributed by atoms with Gasteiger partial charge >= 0.3 is 0 Å². The van der Waals surface area contributed by atoms with Gasteiger partial charge in [-0.2, -0.15) is 0 Å². The number of rotatable bonds is 10. The van der Waals surface area contributed by atoms with Crippen LogP contribution in [0.15, 0.2) is 0 Å². The van der Waals surface area contributed by atoms with Crippen LogP contribution in [0.2, 0.25) is 0 Å². The van der Waals surface area contributed by atoms with Gasteiger partial charge in [0.25, 0.3) is 0 Å². The van der Waals surface area contributed by atoms with Gasteiger partial charge in [-0.05, 0) is 11.8 Å². The predicted octanol–water partition coefficient (Wildman–Crippen LogP) is -7.00. The Morgan fingerprint density at radius 3 is 1.00 bits per heavy atom. The van der Waals surface area contributed by atoms with E-state index in [1.54, 1.807) is 0 Å². The SMILES string of the molecule is O=C[C@@H](O)[C@@H](O)[C@H](O)[C@H](O)[C@H](O)C#CC#C[C@H](O)[C@H](O)[C@H](O)[C@H](O)[C@H](O)C=O. The Hall–Kier alpha value is -1.94. The highest BCUT2D eigenvalue weighted by atomic mass is 16.4. The number of aliphatic hydroxyl groups is 10. The lowest BCUT2D eigenvalue weighted by atomic mass is 9.99. The van der Waals surface area contributed by atoms with E-state index in [0.29, 0.717) is 0 Å². The van der Waals surface area contributed by atoms with Crippen LogP contribution in [0.3, 0.4) is 0 Å². The van der Waals surface area contributed by atoms with Crippen LogP contribution in [-0.2, 0) is 9.59 Å². The lowest BCUT2D eigenvalue weighted by Gasteiger charge is -2.25. The number of aliphatic hydroxyl groups excluding tert-OH is 10. The molecule has 12 heteroatoms. The number of hydrogen-bond acceptors (Lipinski definition) is 12. The summed E-state index contributed by atoms with van der Waals surface area (Å²) in [7, 11) is 0. The molecular formula is C16H22O12. The average molecular weight is 406 g/mol. The van der Waals surface area contributed by atoms with E-state index in [9.17, 15) is 50.4 Å². The van der Waals surface area contributed by atoms with Crippen molar-refractivity contribution in [2.45, 2.75) is 61.0 Å². The quantitative estimate of drug-likeness (QED) is 0.120. The molecule has 0 aliphatic rings. The molecule has 0 spiro atoms. The average Bonchev–Trinajstić information content (AvgIpc) is 2.71. The largest absolute Gasteiger partial charge is 0.387 e. The van der Waals surface area contributed by atoms with Gasteiger partial charge in [0, 0.05) is 0 Å². The Morgan fingerprint density at radius 2 is 0.750 bits per heavy atom. The van der Waals surface area contributed by atoms with Gasteiger partial charge in [-0.15, -0.1) is 0 Å². The molecule has 0 aliphatic carbocycles. The second-order valence-electron chi connectivity index (χ2n) is 5.63. The molecule has 0 aromatic carbocycles. The molecule has 0 unspecified atom stereocenters. The van der Waals surface area contributed by atoms with Crippen molar-refractivity contribution in [1.29, 1.82) is 0 Å². The maximum absolute atomic E-state index is 10.3. The molecule has 0 heterocycles. The second-order valence-corrected chi connectivity index (χ2v) is 5.63. The van der Waals surface area contributed by atoms with Gasteiger partial charge in [0.15, 0.2) is 12.6 Å². The number of carbonyl (C=O) groups excluding carboxylic acids is 2. The van der Waals surface area contributed by atoms with Gasteiger partial charge in [-0.25, -0.2) is 0 Å². The Morgan fingerprint density at radius 1 is 0.464 bits per heavy atom. The molecule has 0 fully saturated rings. The van der Waals surface area contributed by atoms with Crippen molar-refractivity contribution >= 4 is 12.6 Å². The maximum Gasteiger partial charge on any atom is 0.151 e. The van der Waals surface area contributed by atoms with Gasteiger partial charge < -0.3 is 60.7 Å². The molecule has 0 amide bonds. The van der Waals surface area contributed by atoms with E-state index >= 15 is 0 Å². The zero-order valence-corrected chi connectivity index (χ0v) is 14.2. The first-order valence-electron chi connectivity index (χ1n) is 7.71. The molecule has 10 atom stereocenters. The van der Waals surface area contributed by atoms with E-state index in [1.165, 1.54) is 0 Å². The molecule has 158 valence electrons. The Kier molecular flexibility index (Phi) is 11.6. The predicted molar refractivity (Wildman–Crippen MR) is 87.7 cm³/mol. The van der Waals surface area contributed by atoms with E-state index in [2.05, 4.69) is 0 Å². The van der Waals surface area contributed by atoms with Crippen LogP contribution in [0.5, 0.6) is 0 Å². The molecule has 0 saturated heterocycles. The van der Waals surface area contributed by atoms with Gasteiger partial charge in [0.05, 0.1) is 0 Å². The highest BCUT2D eigenvalue weighted by Gasteiger charge is 2.34. The molecular weight excluding hydrogens is 384 g/mol. The molecule has 0 saturated carbocycles. The molecule has 12 nitrogen and oxygen atoms in total. The monoisotopic (exact) mass is 406 g/mol. The Balaban J connectivity index is 4.91. The summed E-state index contributed by atoms with van der Waals surface area (Å²) in [5.41, 5.74) is 0. The molecule has 0 aliphatic heterocycles. The molecule has 0 radical (unpaired) electrons. The summed E-state index contributed by atoms with van der Waals surface area (Å²) in [4.78, 5) is 20.6. The van der Waals surface area contributed by atoms with E-state index in [1.807, 2.05) is 23.7 Å². The number of carbonyl (C=O) groups is 2. The van der Waals surface area contributed by atoms with Crippen molar-refractivity contribution in [3.63, 3.8) is 0 Å². The molecule has 0 aromatic rings. The molecule has 10 N–H and O–H groups in total. The number of hydrogen-bond donors (Lipinski definition) is 10. The van der Waals surface area contributed by atoms with Crippen LogP contribution in [0.1, 0.15) is 0 Å². The standard InChI is InChI=1S/C16H22O12/c17-5-9(21)13(25)15(27)11(23)7(19)3-1-2-4-8(20)12(24)16(28)14(26)10(22)6-18/h5-16,19-28H/t7-,8+,9-,10-,11-,12+,13-,14-,15-,16+/m1/s1. The Bertz CT molecular complexity index is 563. The summed E-state index contributed by atoms with van der Waals surface area (Å²) in [6, 6.07) is 0. The summed E-state index contributed by atoms with van der Waals surface area (Å²) in [6.07, 6.45) is -20.9. The molecule has 0 bridgehead atoms.